The van der Waals surface area contributed by atoms with Crippen molar-refractivity contribution in [1.82, 2.24) is 10.5 Å². The number of nitrogens with one attached hydrogen (secondary N) is 1. The van der Waals surface area contributed by atoms with E-state index in [1.807, 2.05) is 0 Å². The molecule has 5 nitrogen and oxygen atoms in total. The molecule has 122 valence electrons. The molecule has 0 aliphatic carbocycles. The summed E-state index contributed by atoms with van der Waals surface area (Å²) in [5.74, 6) is 0.296. The van der Waals surface area contributed by atoms with Gasteiger partial charge in [-0.2, -0.15) is 0 Å². The molecule has 1 aromatic heterocycles. The van der Waals surface area contributed by atoms with Crippen LogP contribution in [0.3, 0.4) is 0 Å². The zero-order valence-corrected chi connectivity index (χ0v) is 13.5. The van der Waals surface area contributed by atoms with E-state index in [9.17, 15) is 4.79 Å². The first-order valence-corrected chi connectivity index (χ1v) is 8.03. The summed E-state index contributed by atoms with van der Waals surface area (Å²) in [6.07, 6.45) is 2.08. The highest BCUT2D eigenvalue weighted by atomic mass is 16.5. The maximum absolute atomic E-state index is 12.1. The Morgan fingerprint density at radius 2 is 2.09 bits per heavy atom. The molecule has 2 atom stereocenters. The molecule has 5 heteroatoms. The van der Waals surface area contributed by atoms with E-state index in [1.165, 1.54) is 11.1 Å². The molecule has 1 fully saturated rings. The number of carbonyl (C=O) groups excluding carboxylic acids is 1. The molecule has 1 N–H and O–H groups in total. The van der Waals surface area contributed by atoms with Crippen molar-refractivity contribution in [3.05, 3.63) is 52.9 Å². The van der Waals surface area contributed by atoms with Crippen molar-refractivity contribution in [3.63, 3.8) is 0 Å². The lowest BCUT2D eigenvalue weighted by atomic mass is 9.89. The molecule has 23 heavy (non-hydrogen) atoms. The fraction of sp³-hybridized carbons (Fsp3) is 0.444. The van der Waals surface area contributed by atoms with Crippen molar-refractivity contribution in [3.8, 4) is 0 Å². The lowest BCUT2D eigenvalue weighted by Crippen LogP contribution is -2.35. The van der Waals surface area contributed by atoms with Crippen LogP contribution in [-0.2, 0) is 4.74 Å². The quantitative estimate of drug-likeness (QED) is 0.941. The smallest absolute Gasteiger partial charge is 0.289 e. The predicted molar refractivity (Wildman–Crippen MR) is 86.2 cm³/mol. The van der Waals surface area contributed by atoms with Gasteiger partial charge >= 0.3 is 0 Å². The number of aromatic nitrogens is 1. The fourth-order valence-electron chi connectivity index (χ4n) is 2.96. The summed E-state index contributed by atoms with van der Waals surface area (Å²) in [4.78, 5) is 12.1. The van der Waals surface area contributed by atoms with E-state index >= 15 is 0 Å². The Bertz CT molecular complexity index is 663. The molecule has 0 bridgehead atoms. The Morgan fingerprint density at radius 3 is 2.78 bits per heavy atom. The van der Waals surface area contributed by atoms with Gasteiger partial charge in [-0.15, -0.1) is 0 Å². The Hall–Kier alpha value is -2.14. The topological polar surface area (TPSA) is 64.4 Å². The largest absolute Gasteiger partial charge is 0.373 e. The molecule has 0 unspecified atom stereocenters. The Balaban J connectivity index is 1.64. The Morgan fingerprint density at radius 1 is 1.30 bits per heavy atom. The van der Waals surface area contributed by atoms with Crippen LogP contribution in [0.2, 0.25) is 0 Å². The number of hydrogen-bond acceptors (Lipinski definition) is 4. The molecule has 0 spiro atoms. The van der Waals surface area contributed by atoms with Gasteiger partial charge < -0.3 is 14.6 Å². The minimum Gasteiger partial charge on any atom is -0.373 e. The molecule has 0 radical (unpaired) electrons. The molecule has 1 aliphatic rings. The van der Waals surface area contributed by atoms with Crippen LogP contribution in [0, 0.1) is 19.8 Å². The lowest BCUT2D eigenvalue weighted by molar-refractivity contribution is -0.0273. The molecule has 1 saturated heterocycles. The van der Waals surface area contributed by atoms with E-state index in [4.69, 9.17) is 9.26 Å². The van der Waals surface area contributed by atoms with E-state index in [1.54, 1.807) is 13.0 Å². The second-order valence-corrected chi connectivity index (χ2v) is 6.15. The van der Waals surface area contributed by atoms with Gasteiger partial charge in [-0.3, -0.25) is 4.79 Å². The Labute approximate surface area is 136 Å². The van der Waals surface area contributed by atoms with Gasteiger partial charge in [-0.05, 0) is 32.3 Å². The van der Waals surface area contributed by atoms with Crippen LogP contribution in [0.15, 0.2) is 34.9 Å². The standard InChI is InChI=1S/C18H22N2O3/c1-12-5-7-14(8-6-12)17-15(4-3-9-22-17)11-19-18(21)16-10-13(2)20-23-16/h5-8,10,15,17H,3-4,9,11H2,1-2H3,(H,19,21)/t15-,17+/m0/s1. The summed E-state index contributed by atoms with van der Waals surface area (Å²) < 4.78 is 11.0. The number of hydrogen-bond donors (Lipinski definition) is 1. The zero-order chi connectivity index (χ0) is 16.2. The molecule has 1 aromatic carbocycles. The van der Waals surface area contributed by atoms with E-state index < -0.39 is 0 Å². The zero-order valence-electron chi connectivity index (χ0n) is 13.5. The van der Waals surface area contributed by atoms with E-state index in [2.05, 4.69) is 41.7 Å². The van der Waals surface area contributed by atoms with Crippen molar-refractivity contribution >= 4 is 5.91 Å². The van der Waals surface area contributed by atoms with E-state index in [0.29, 0.717) is 12.2 Å². The molecule has 3 rings (SSSR count). The summed E-state index contributed by atoms with van der Waals surface area (Å²) in [5.41, 5.74) is 3.11. The second-order valence-electron chi connectivity index (χ2n) is 6.15. The van der Waals surface area contributed by atoms with Crippen LogP contribution in [0.25, 0.3) is 0 Å². The monoisotopic (exact) mass is 314 g/mol. The van der Waals surface area contributed by atoms with Crippen LogP contribution in [0.1, 0.15) is 46.3 Å². The van der Waals surface area contributed by atoms with Gasteiger partial charge in [0.2, 0.25) is 5.76 Å². The Kier molecular flexibility index (Phi) is 4.76. The van der Waals surface area contributed by atoms with Gasteiger partial charge in [-0.1, -0.05) is 35.0 Å². The summed E-state index contributed by atoms with van der Waals surface area (Å²) >= 11 is 0. The van der Waals surface area contributed by atoms with E-state index in [-0.39, 0.29) is 23.7 Å². The van der Waals surface area contributed by atoms with Crippen LogP contribution in [0.4, 0.5) is 0 Å². The van der Waals surface area contributed by atoms with Gasteiger partial charge in [-0.25, -0.2) is 0 Å². The van der Waals surface area contributed by atoms with Crippen LogP contribution < -0.4 is 5.32 Å². The average Bonchev–Trinajstić information content (AvgIpc) is 3.00. The average molecular weight is 314 g/mol. The third-order valence-corrected chi connectivity index (χ3v) is 4.23. The third-order valence-electron chi connectivity index (χ3n) is 4.23. The van der Waals surface area contributed by atoms with Gasteiger partial charge in [0.25, 0.3) is 5.91 Å². The van der Waals surface area contributed by atoms with Gasteiger partial charge in [0.1, 0.15) is 0 Å². The number of amides is 1. The summed E-state index contributed by atoms with van der Waals surface area (Å²) in [5, 5.41) is 6.68. The molecule has 0 saturated carbocycles. The lowest BCUT2D eigenvalue weighted by Gasteiger charge is -2.32. The molecule has 1 amide bonds. The fourth-order valence-corrected chi connectivity index (χ4v) is 2.96. The molecular weight excluding hydrogens is 292 g/mol. The number of nitrogens with zero attached hydrogens (tertiary/aromatic N) is 1. The van der Waals surface area contributed by atoms with Crippen molar-refractivity contribution in [2.24, 2.45) is 5.92 Å². The highest BCUT2D eigenvalue weighted by molar-refractivity contribution is 5.91. The number of aryl methyl sites for hydroxylation is 2. The minimum atomic E-state index is -0.223. The summed E-state index contributed by atoms with van der Waals surface area (Å²) in [6, 6.07) is 10.1. The highest BCUT2D eigenvalue weighted by Crippen LogP contribution is 2.33. The first-order chi connectivity index (χ1) is 11.1. The molecule has 2 aromatic rings. The molecule has 1 aliphatic heterocycles. The van der Waals surface area contributed by atoms with Gasteiger partial charge in [0.15, 0.2) is 0 Å². The van der Waals surface area contributed by atoms with Crippen LogP contribution in [-0.4, -0.2) is 24.2 Å². The maximum atomic E-state index is 12.1. The van der Waals surface area contributed by atoms with Crippen LogP contribution >= 0.6 is 0 Å². The van der Waals surface area contributed by atoms with Crippen LogP contribution in [0.5, 0.6) is 0 Å². The van der Waals surface area contributed by atoms with Crippen molar-refractivity contribution < 1.29 is 14.1 Å². The normalized spacial score (nSPS) is 21.1. The summed E-state index contributed by atoms with van der Waals surface area (Å²) in [7, 11) is 0. The maximum Gasteiger partial charge on any atom is 0.289 e. The summed E-state index contributed by atoms with van der Waals surface area (Å²) in [6.45, 7) is 5.20. The number of ether oxygens (including phenoxy) is 1. The first kappa shape index (κ1) is 15.7. The number of benzene rings is 1. The first-order valence-electron chi connectivity index (χ1n) is 8.03. The molecule has 2 heterocycles. The van der Waals surface area contributed by atoms with Crippen molar-refractivity contribution in [2.75, 3.05) is 13.2 Å². The van der Waals surface area contributed by atoms with E-state index in [0.717, 1.165) is 19.4 Å². The number of carbonyl (C=O) groups is 1. The number of rotatable bonds is 4. The van der Waals surface area contributed by atoms with Crippen molar-refractivity contribution in [1.29, 1.82) is 0 Å². The molecular formula is C18H22N2O3. The predicted octanol–water partition coefficient (Wildman–Crippen LogP) is 3.19. The SMILES string of the molecule is Cc1ccc([C@H]2OCCC[C@H]2CNC(=O)c2cc(C)no2)cc1. The van der Waals surface area contributed by atoms with Gasteiger partial charge in [0, 0.05) is 25.1 Å². The minimum absolute atomic E-state index is 0.0288. The van der Waals surface area contributed by atoms with Gasteiger partial charge in [0.05, 0.1) is 11.8 Å². The third kappa shape index (κ3) is 3.79. The second kappa shape index (κ2) is 6.96. The highest BCUT2D eigenvalue weighted by Gasteiger charge is 2.28. The van der Waals surface area contributed by atoms with Crippen molar-refractivity contribution in [2.45, 2.75) is 32.8 Å².